The molecule has 0 bridgehead atoms. The summed E-state index contributed by atoms with van der Waals surface area (Å²) in [7, 11) is 4.01. The Bertz CT molecular complexity index is 1300. The molecule has 7 nitrogen and oxygen atoms in total. The number of fused-ring (bicyclic) bond motifs is 2. The summed E-state index contributed by atoms with van der Waals surface area (Å²) < 4.78 is 17.9. The van der Waals surface area contributed by atoms with E-state index in [1.54, 1.807) is 11.0 Å². The summed E-state index contributed by atoms with van der Waals surface area (Å²) >= 11 is 0. The molecule has 192 valence electrons. The third-order valence-corrected chi connectivity index (χ3v) is 6.46. The number of amides is 1. The number of carbonyl (C=O) groups is 1. The highest BCUT2D eigenvalue weighted by Gasteiger charge is 2.42. The molecule has 3 aromatic rings. The monoisotopic (exact) mass is 492 g/mol. The van der Waals surface area contributed by atoms with Gasteiger partial charge in [-0.3, -0.25) is 9.59 Å². The Morgan fingerprint density at radius 2 is 1.81 bits per heavy atom. The molecule has 1 amide bonds. The fraction of sp³-hybridized carbons (Fsp3) is 0.448. The Hall–Kier alpha value is -3.32. The number of ether oxygens (including phenoxy) is 2. The van der Waals surface area contributed by atoms with Crippen LogP contribution in [-0.2, 0) is 0 Å². The molecule has 0 unspecified atom stereocenters. The average Bonchev–Trinajstić information content (AvgIpc) is 3.12. The first-order chi connectivity index (χ1) is 17.3. The minimum Gasteiger partial charge on any atom is -0.490 e. The summed E-state index contributed by atoms with van der Waals surface area (Å²) in [6.45, 7) is 8.38. The zero-order chi connectivity index (χ0) is 25.8. The van der Waals surface area contributed by atoms with Crippen LogP contribution in [0.15, 0.2) is 45.6 Å². The van der Waals surface area contributed by atoms with E-state index in [9.17, 15) is 9.59 Å². The van der Waals surface area contributed by atoms with Gasteiger partial charge in [0.2, 0.25) is 5.76 Å². The number of unbranched alkanes of at least 4 members (excludes halogenated alkanes) is 1. The van der Waals surface area contributed by atoms with E-state index < -0.39 is 6.04 Å². The van der Waals surface area contributed by atoms with Gasteiger partial charge in [0, 0.05) is 6.54 Å². The largest absolute Gasteiger partial charge is 0.490 e. The highest BCUT2D eigenvalue weighted by molar-refractivity contribution is 5.99. The zero-order valence-corrected chi connectivity index (χ0v) is 21.9. The zero-order valence-electron chi connectivity index (χ0n) is 21.9. The van der Waals surface area contributed by atoms with Gasteiger partial charge in [0.1, 0.15) is 5.58 Å². The quantitative estimate of drug-likeness (QED) is 0.344. The maximum atomic E-state index is 13.8. The molecule has 2 aromatic carbocycles. The maximum absolute atomic E-state index is 13.8. The van der Waals surface area contributed by atoms with Gasteiger partial charge >= 0.3 is 0 Å². The summed E-state index contributed by atoms with van der Waals surface area (Å²) in [6, 6.07) is 10.6. The first-order valence-electron chi connectivity index (χ1n) is 12.8. The van der Waals surface area contributed by atoms with Crippen molar-refractivity contribution in [3.63, 3.8) is 0 Å². The van der Waals surface area contributed by atoms with Crippen LogP contribution in [0, 0.1) is 6.92 Å². The van der Waals surface area contributed by atoms with Crippen LogP contribution < -0.4 is 14.9 Å². The van der Waals surface area contributed by atoms with Crippen molar-refractivity contribution in [1.29, 1.82) is 0 Å². The summed E-state index contributed by atoms with van der Waals surface area (Å²) in [5.74, 6) is 1.15. The SMILES string of the molecule is CCCCOc1ccc([C@H]2c3c(oc4ccc(C)cc4c3=O)C(=O)N2CCCN(C)C)cc1OCC. The third-order valence-electron chi connectivity index (χ3n) is 6.46. The Balaban J connectivity index is 1.83. The van der Waals surface area contributed by atoms with E-state index in [2.05, 4.69) is 11.8 Å². The lowest BCUT2D eigenvalue weighted by Crippen LogP contribution is -2.32. The van der Waals surface area contributed by atoms with Crippen molar-refractivity contribution in [2.24, 2.45) is 0 Å². The molecule has 1 aliphatic rings. The van der Waals surface area contributed by atoms with Gasteiger partial charge in [-0.05, 0) is 77.2 Å². The molecule has 7 heteroatoms. The molecule has 0 fully saturated rings. The van der Waals surface area contributed by atoms with Gasteiger partial charge in [-0.15, -0.1) is 0 Å². The molecule has 2 heterocycles. The van der Waals surface area contributed by atoms with E-state index in [0.29, 0.717) is 47.8 Å². The molecule has 4 rings (SSSR count). The molecule has 0 N–H and O–H groups in total. The van der Waals surface area contributed by atoms with E-state index in [4.69, 9.17) is 13.9 Å². The van der Waals surface area contributed by atoms with Gasteiger partial charge in [0.25, 0.3) is 5.91 Å². The summed E-state index contributed by atoms with van der Waals surface area (Å²) in [6.07, 6.45) is 2.76. The molecule has 0 aliphatic carbocycles. The molecule has 0 radical (unpaired) electrons. The normalized spacial score (nSPS) is 15.1. The van der Waals surface area contributed by atoms with Crippen molar-refractivity contribution in [2.75, 3.05) is 40.4 Å². The van der Waals surface area contributed by atoms with Crippen molar-refractivity contribution in [3.8, 4) is 11.5 Å². The molecular weight excluding hydrogens is 456 g/mol. The lowest BCUT2D eigenvalue weighted by molar-refractivity contribution is 0.0722. The molecule has 1 aromatic heterocycles. The molecular formula is C29H36N2O5. The molecule has 36 heavy (non-hydrogen) atoms. The molecule has 1 aliphatic heterocycles. The molecule has 0 saturated carbocycles. The van der Waals surface area contributed by atoms with Crippen molar-refractivity contribution in [3.05, 3.63) is 69.1 Å². The standard InChI is InChI=1S/C29H36N2O5/c1-6-8-16-35-23-13-11-20(18-24(23)34-7-2)26-25-27(32)21-17-19(3)10-12-22(21)36-28(25)29(33)31(26)15-9-14-30(4)5/h10-13,17-18,26H,6-9,14-16H2,1-5H3/t26-/m0/s1. The Morgan fingerprint density at radius 1 is 1.00 bits per heavy atom. The van der Waals surface area contributed by atoms with Gasteiger partial charge in [0.05, 0.1) is 30.2 Å². The second-order valence-corrected chi connectivity index (χ2v) is 9.57. The maximum Gasteiger partial charge on any atom is 0.290 e. The number of aryl methyl sites for hydroxylation is 1. The van der Waals surface area contributed by atoms with E-state index in [1.807, 2.05) is 58.3 Å². The van der Waals surface area contributed by atoms with Crippen LogP contribution in [0.5, 0.6) is 11.5 Å². The van der Waals surface area contributed by atoms with Gasteiger partial charge in [-0.25, -0.2) is 0 Å². The molecule has 1 atom stereocenters. The number of hydrogen-bond donors (Lipinski definition) is 0. The Morgan fingerprint density at radius 3 is 2.53 bits per heavy atom. The summed E-state index contributed by atoms with van der Waals surface area (Å²) in [4.78, 5) is 31.2. The molecule has 0 saturated heterocycles. The number of nitrogens with zero attached hydrogens (tertiary/aromatic N) is 2. The van der Waals surface area contributed by atoms with E-state index in [1.165, 1.54) is 0 Å². The number of hydrogen-bond acceptors (Lipinski definition) is 6. The van der Waals surface area contributed by atoms with Crippen LogP contribution in [0.3, 0.4) is 0 Å². The third kappa shape index (κ3) is 5.12. The number of carbonyl (C=O) groups excluding carboxylic acids is 1. The van der Waals surface area contributed by atoms with Crippen molar-refractivity contribution >= 4 is 16.9 Å². The Labute approximate surface area is 212 Å². The Kier molecular flexibility index (Phi) is 7.99. The van der Waals surface area contributed by atoms with Crippen LogP contribution in [0.2, 0.25) is 0 Å². The summed E-state index contributed by atoms with van der Waals surface area (Å²) in [5.41, 5.74) is 2.43. The first kappa shape index (κ1) is 25.8. The predicted octanol–water partition coefficient (Wildman–Crippen LogP) is 5.18. The smallest absolute Gasteiger partial charge is 0.290 e. The highest BCUT2D eigenvalue weighted by atomic mass is 16.5. The van der Waals surface area contributed by atoms with Gasteiger partial charge in [-0.1, -0.05) is 31.0 Å². The minimum atomic E-state index is -0.556. The lowest BCUT2D eigenvalue weighted by Gasteiger charge is -2.26. The first-order valence-corrected chi connectivity index (χ1v) is 12.8. The van der Waals surface area contributed by atoms with Crippen molar-refractivity contribution < 1.29 is 18.7 Å². The number of rotatable bonds is 11. The second-order valence-electron chi connectivity index (χ2n) is 9.57. The second kappa shape index (κ2) is 11.2. The van der Waals surface area contributed by atoms with E-state index in [0.717, 1.165) is 36.9 Å². The lowest BCUT2D eigenvalue weighted by atomic mass is 9.97. The van der Waals surface area contributed by atoms with E-state index >= 15 is 0 Å². The fourth-order valence-corrected chi connectivity index (χ4v) is 4.68. The minimum absolute atomic E-state index is 0.132. The van der Waals surface area contributed by atoms with Gasteiger partial charge in [0.15, 0.2) is 16.9 Å². The van der Waals surface area contributed by atoms with E-state index in [-0.39, 0.29) is 17.1 Å². The van der Waals surface area contributed by atoms with Crippen molar-refractivity contribution in [1.82, 2.24) is 9.80 Å². The van der Waals surface area contributed by atoms with Gasteiger partial charge in [-0.2, -0.15) is 0 Å². The fourth-order valence-electron chi connectivity index (χ4n) is 4.68. The topological polar surface area (TPSA) is 72.2 Å². The summed E-state index contributed by atoms with van der Waals surface area (Å²) in [5, 5.41) is 0.492. The van der Waals surface area contributed by atoms with Crippen molar-refractivity contribution in [2.45, 2.75) is 46.1 Å². The number of benzene rings is 2. The van der Waals surface area contributed by atoms with Crippen LogP contribution in [0.4, 0.5) is 0 Å². The van der Waals surface area contributed by atoms with Crippen LogP contribution >= 0.6 is 0 Å². The average molecular weight is 493 g/mol. The van der Waals surface area contributed by atoms with Crippen LogP contribution in [0.1, 0.15) is 66.4 Å². The van der Waals surface area contributed by atoms with Crippen LogP contribution in [0.25, 0.3) is 11.0 Å². The highest BCUT2D eigenvalue weighted by Crippen LogP contribution is 2.41. The van der Waals surface area contributed by atoms with Gasteiger partial charge < -0.3 is 23.7 Å². The molecule has 0 spiro atoms. The predicted molar refractivity (Wildman–Crippen MR) is 141 cm³/mol. The van der Waals surface area contributed by atoms with Crippen LogP contribution in [-0.4, -0.2) is 56.1 Å².